The first-order valence-electron chi connectivity index (χ1n) is 5.88. The number of aliphatic carboxylic acids is 1. The number of phenolic OH excluding ortho intramolecular Hbond substituents is 1. The third kappa shape index (κ3) is 3.51. The summed E-state index contributed by atoms with van der Waals surface area (Å²) in [7, 11) is -3.69. The molecule has 110 valence electrons. The summed E-state index contributed by atoms with van der Waals surface area (Å²) in [5, 5.41) is 17.7. The minimum absolute atomic E-state index is 0.0219. The molecule has 0 unspecified atom stereocenters. The molecule has 21 heavy (non-hydrogen) atoms. The van der Waals surface area contributed by atoms with E-state index < -0.39 is 22.4 Å². The fourth-order valence-corrected chi connectivity index (χ4v) is 2.88. The van der Waals surface area contributed by atoms with Crippen molar-refractivity contribution in [2.24, 2.45) is 0 Å². The van der Waals surface area contributed by atoms with Crippen LogP contribution >= 0.6 is 0 Å². The predicted molar refractivity (Wildman–Crippen MR) is 73.1 cm³/mol. The van der Waals surface area contributed by atoms with E-state index in [1.165, 1.54) is 48.5 Å². The van der Waals surface area contributed by atoms with Gasteiger partial charge in [-0.15, -0.1) is 0 Å². The maximum Gasteiger partial charge on any atom is 0.341 e. The second kappa shape index (κ2) is 5.84. The number of hydrogen-bond acceptors (Lipinski definition) is 5. The summed E-state index contributed by atoms with van der Waals surface area (Å²) in [6.07, 6.45) is 0. The van der Waals surface area contributed by atoms with Crippen LogP contribution in [0.15, 0.2) is 58.3 Å². The van der Waals surface area contributed by atoms with Gasteiger partial charge in [-0.25, -0.2) is 13.2 Å². The second-order valence-electron chi connectivity index (χ2n) is 4.15. The number of carbonyl (C=O) groups is 1. The first kappa shape index (κ1) is 14.9. The lowest BCUT2D eigenvalue weighted by atomic mass is 10.3. The number of phenols is 1. The molecule has 0 saturated heterocycles. The number of carboxylic acid groups (broad SMARTS) is 1. The molecule has 0 saturated carbocycles. The van der Waals surface area contributed by atoms with Crippen molar-refractivity contribution in [2.75, 3.05) is 6.61 Å². The van der Waals surface area contributed by atoms with Crippen molar-refractivity contribution in [1.29, 1.82) is 0 Å². The molecule has 2 N–H and O–H groups in total. The summed E-state index contributed by atoms with van der Waals surface area (Å²) in [5.41, 5.74) is 0. The zero-order valence-electron chi connectivity index (χ0n) is 10.8. The minimum Gasteiger partial charge on any atom is -0.508 e. The first-order chi connectivity index (χ1) is 9.89. The maximum atomic E-state index is 12.3. The van der Waals surface area contributed by atoms with E-state index in [9.17, 15) is 18.3 Å². The summed E-state index contributed by atoms with van der Waals surface area (Å²) < 4.78 is 29.5. The van der Waals surface area contributed by atoms with Gasteiger partial charge in [-0.1, -0.05) is 0 Å². The topological polar surface area (TPSA) is 101 Å². The van der Waals surface area contributed by atoms with Gasteiger partial charge in [-0.05, 0) is 48.5 Å². The highest BCUT2D eigenvalue weighted by molar-refractivity contribution is 7.91. The average molecular weight is 308 g/mol. The predicted octanol–water partition coefficient (Wildman–Crippen LogP) is 1.69. The van der Waals surface area contributed by atoms with E-state index in [4.69, 9.17) is 9.84 Å². The van der Waals surface area contributed by atoms with Gasteiger partial charge in [0.1, 0.15) is 11.5 Å². The molecule has 0 amide bonds. The summed E-state index contributed by atoms with van der Waals surface area (Å²) in [6.45, 7) is -0.496. The van der Waals surface area contributed by atoms with Gasteiger partial charge in [-0.2, -0.15) is 0 Å². The van der Waals surface area contributed by atoms with Gasteiger partial charge in [0.15, 0.2) is 6.61 Å². The van der Waals surface area contributed by atoms with Crippen molar-refractivity contribution < 1.29 is 28.2 Å². The molecule has 0 spiro atoms. The highest BCUT2D eigenvalue weighted by Crippen LogP contribution is 2.24. The molecule has 0 aliphatic carbocycles. The van der Waals surface area contributed by atoms with E-state index in [1.807, 2.05) is 0 Å². The summed E-state index contributed by atoms with van der Waals surface area (Å²) in [5.74, 6) is -0.871. The highest BCUT2D eigenvalue weighted by atomic mass is 32.2. The Bertz CT molecular complexity index is 732. The Labute approximate surface area is 121 Å². The third-order valence-electron chi connectivity index (χ3n) is 2.64. The van der Waals surface area contributed by atoms with E-state index in [0.717, 1.165) is 0 Å². The van der Waals surface area contributed by atoms with Crippen molar-refractivity contribution in [3.8, 4) is 11.5 Å². The fourth-order valence-electron chi connectivity index (χ4n) is 1.62. The van der Waals surface area contributed by atoms with Crippen LogP contribution < -0.4 is 4.74 Å². The lowest BCUT2D eigenvalue weighted by molar-refractivity contribution is -0.139. The second-order valence-corrected chi connectivity index (χ2v) is 6.10. The highest BCUT2D eigenvalue weighted by Gasteiger charge is 2.17. The summed E-state index contributed by atoms with van der Waals surface area (Å²) >= 11 is 0. The normalized spacial score (nSPS) is 11.0. The van der Waals surface area contributed by atoms with E-state index in [2.05, 4.69) is 0 Å². The van der Waals surface area contributed by atoms with Crippen LogP contribution in [0.25, 0.3) is 0 Å². The third-order valence-corrected chi connectivity index (χ3v) is 4.43. The number of aromatic hydroxyl groups is 1. The lowest BCUT2D eigenvalue weighted by Crippen LogP contribution is -2.09. The molecule has 2 aromatic rings. The molecule has 2 aromatic carbocycles. The monoisotopic (exact) mass is 308 g/mol. The SMILES string of the molecule is O=C(O)COc1ccc(S(=O)(=O)c2ccc(O)cc2)cc1. The fraction of sp³-hybridized carbons (Fsp3) is 0.0714. The minimum atomic E-state index is -3.69. The zero-order chi connectivity index (χ0) is 15.5. The largest absolute Gasteiger partial charge is 0.508 e. The molecule has 0 bridgehead atoms. The Kier molecular flexibility index (Phi) is 4.13. The molecular formula is C14H12O6S. The standard InChI is InChI=1S/C14H12O6S/c15-10-1-5-12(6-2-10)21(18,19)13-7-3-11(4-8-13)20-9-14(16)17/h1-8,15H,9H2,(H,16,17). The van der Waals surface area contributed by atoms with Crippen LogP contribution in [0.5, 0.6) is 11.5 Å². The van der Waals surface area contributed by atoms with Gasteiger partial charge in [0.25, 0.3) is 0 Å². The Balaban J connectivity index is 2.24. The molecule has 0 atom stereocenters. The van der Waals surface area contributed by atoms with E-state index in [1.54, 1.807) is 0 Å². The average Bonchev–Trinajstić information content (AvgIpc) is 2.46. The molecule has 0 aliphatic rings. The molecule has 2 rings (SSSR count). The number of ether oxygens (including phenoxy) is 1. The van der Waals surface area contributed by atoms with E-state index in [0.29, 0.717) is 0 Å². The number of carboxylic acids is 1. The molecular weight excluding hydrogens is 296 g/mol. The maximum absolute atomic E-state index is 12.3. The van der Waals surface area contributed by atoms with Crippen molar-refractivity contribution in [1.82, 2.24) is 0 Å². The molecule has 0 aliphatic heterocycles. The number of rotatable bonds is 5. The van der Waals surface area contributed by atoms with Crippen LogP contribution in [0.2, 0.25) is 0 Å². The van der Waals surface area contributed by atoms with E-state index >= 15 is 0 Å². The summed E-state index contributed by atoms with van der Waals surface area (Å²) in [4.78, 5) is 10.5. The number of hydrogen-bond donors (Lipinski definition) is 2. The first-order valence-corrected chi connectivity index (χ1v) is 7.37. The Morgan fingerprint density at radius 1 is 0.952 bits per heavy atom. The number of benzene rings is 2. The Morgan fingerprint density at radius 3 is 1.90 bits per heavy atom. The van der Waals surface area contributed by atoms with Gasteiger partial charge >= 0.3 is 5.97 Å². The summed E-state index contributed by atoms with van der Waals surface area (Å²) in [6, 6.07) is 10.6. The van der Waals surface area contributed by atoms with Crippen LogP contribution in [-0.2, 0) is 14.6 Å². The molecule has 0 heterocycles. The quantitative estimate of drug-likeness (QED) is 0.871. The van der Waals surface area contributed by atoms with Crippen molar-refractivity contribution in [3.05, 3.63) is 48.5 Å². The molecule has 6 nitrogen and oxygen atoms in total. The van der Waals surface area contributed by atoms with Crippen molar-refractivity contribution >= 4 is 15.8 Å². The van der Waals surface area contributed by atoms with Gasteiger partial charge in [0.2, 0.25) is 9.84 Å². The molecule has 0 fully saturated rings. The Morgan fingerprint density at radius 2 is 1.43 bits per heavy atom. The van der Waals surface area contributed by atoms with Crippen LogP contribution in [0.3, 0.4) is 0 Å². The van der Waals surface area contributed by atoms with Gasteiger partial charge in [0.05, 0.1) is 9.79 Å². The number of sulfone groups is 1. The van der Waals surface area contributed by atoms with Crippen LogP contribution in [-0.4, -0.2) is 31.2 Å². The molecule has 0 aromatic heterocycles. The van der Waals surface area contributed by atoms with Crippen LogP contribution in [0.4, 0.5) is 0 Å². The lowest BCUT2D eigenvalue weighted by Gasteiger charge is -2.07. The molecule has 7 heteroatoms. The molecule has 0 radical (unpaired) electrons. The Hall–Kier alpha value is -2.54. The van der Waals surface area contributed by atoms with Crippen molar-refractivity contribution in [2.45, 2.75) is 9.79 Å². The smallest absolute Gasteiger partial charge is 0.341 e. The van der Waals surface area contributed by atoms with Crippen LogP contribution in [0, 0.1) is 0 Å². The van der Waals surface area contributed by atoms with Crippen LogP contribution in [0.1, 0.15) is 0 Å². The van der Waals surface area contributed by atoms with Gasteiger partial charge in [0, 0.05) is 0 Å². The van der Waals surface area contributed by atoms with Gasteiger partial charge < -0.3 is 14.9 Å². The zero-order valence-corrected chi connectivity index (χ0v) is 11.6. The van der Waals surface area contributed by atoms with Gasteiger partial charge in [-0.3, -0.25) is 0 Å². The van der Waals surface area contributed by atoms with Crippen molar-refractivity contribution in [3.63, 3.8) is 0 Å². The van der Waals surface area contributed by atoms with E-state index in [-0.39, 0.29) is 21.3 Å².